The van der Waals surface area contributed by atoms with E-state index in [1.54, 1.807) is 31.2 Å². The van der Waals surface area contributed by atoms with Gasteiger partial charge in [0.1, 0.15) is 42.8 Å². The van der Waals surface area contributed by atoms with Crippen molar-refractivity contribution in [3.05, 3.63) is 89.1 Å². The second kappa shape index (κ2) is 11.0. The highest BCUT2D eigenvalue weighted by Crippen LogP contribution is 2.33. The highest BCUT2D eigenvalue weighted by atomic mass is 19.4. The monoisotopic (exact) mass is 578 g/mol. The Morgan fingerprint density at radius 1 is 0.927 bits per heavy atom. The van der Waals surface area contributed by atoms with Gasteiger partial charge in [0.05, 0.1) is 12.2 Å². The van der Waals surface area contributed by atoms with Crippen molar-refractivity contribution in [3.8, 4) is 5.69 Å². The molecule has 1 saturated heterocycles. The Hall–Kier alpha value is -4.11. The van der Waals surface area contributed by atoms with Crippen LogP contribution in [0, 0.1) is 11.6 Å². The number of hydrogen-bond acceptors (Lipinski definition) is 7. The van der Waals surface area contributed by atoms with Gasteiger partial charge in [0.15, 0.2) is 0 Å². The number of hydrogen-bond donors (Lipinski definition) is 1. The largest absolute Gasteiger partial charge is 0.408 e. The molecule has 0 spiro atoms. The van der Waals surface area contributed by atoms with Crippen molar-refractivity contribution in [2.45, 2.75) is 37.8 Å². The van der Waals surface area contributed by atoms with E-state index >= 15 is 0 Å². The molecule has 5 rings (SSSR count). The fourth-order valence-electron chi connectivity index (χ4n) is 5.13. The lowest BCUT2D eigenvalue weighted by Gasteiger charge is -2.45. The van der Waals surface area contributed by atoms with E-state index in [9.17, 15) is 31.9 Å². The molecule has 2 aromatic heterocycles. The predicted molar refractivity (Wildman–Crippen MR) is 137 cm³/mol. The lowest BCUT2D eigenvalue weighted by Crippen LogP contribution is -2.57. The van der Waals surface area contributed by atoms with Gasteiger partial charge in [0.25, 0.3) is 0 Å². The SMILES string of the molecule is C[C@@H](N1CCN(c2ccc(-n3cnn(CC(F)(F)F)c3=O)cc2)CC1)[C@](O)(Cn1cncn1)c1ccc(F)cc1F. The van der Waals surface area contributed by atoms with Gasteiger partial charge in [0, 0.05) is 49.5 Å². The van der Waals surface area contributed by atoms with Crippen LogP contribution in [0.4, 0.5) is 27.6 Å². The van der Waals surface area contributed by atoms with E-state index in [-0.39, 0.29) is 12.1 Å². The van der Waals surface area contributed by atoms with Crippen molar-refractivity contribution in [2.75, 3.05) is 31.1 Å². The maximum absolute atomic E-state index is 14.9. The zero-order chi connectivity index (χ0) is 29.4. The molecular weight excluding hydrogens is 551 g/mol. The minimum atomic E-state index is -4.56. The third kappa shape index (κ3) is 6.00. The van der Waals surface area contributed by atoms with E-state index in [4.69, 9.17) is 0 Å². The van der Waals surface area contributed by atoms with Gasteiger partial charge in [-0.2, -0.15) is 23.4 Å². The first-order valence-electron chi connectivity index (χ1n) is 12.8. The van der Waals surface area contributed by atoms with E-state index in [2.05, 4.69) is 20.1 Å². The number of halogens is 5. The van der Waals surface area contributed by atoms with Gasteiger partial charge in [-0.25, -0.2) is 32.5 Å². The van der Waals surface area contributed by atoms with Gasteiger partial charge in [-0.3, -0.25) is 4.90 Å². The standard InChI is InChI=1S/C26H27F5N8O2/c1-18(25(41,13-37-16-32-15-33-37)22-7-2-19(27)12-23(22)28)35-8-10-36(11-9-35)20-3-5-21(6-4-20)38-17-34-39(24(38)40)14-26(29,30)31/h2-7,12,15-18,41H,8-11,13-14H2,1H3/t18-,25-/m1/s1. The number of rotatable bonds is 8. The van der Waals surface area contributed by atoms with E-state index in [0.717, 1.165) is 28.7 Å². The molecular formula is C26H27F5N8O2. The Kier molecular flexibility index (Phi) is 7.66. The molecule has 41 heavy (non-hydrogen) atoms. The van der Waals surface area contributed by atoms with Crippen LogP contribution in [0.2, 0.25) is 0 Å². The molecule has 1 fully saturated rings. The van der Waals surface area contributed by atoms with Gasteiger partial charge in [-0.1, -0.05) is 6.07 Å². The Morgan fingerprint density at radius 3 is 2.22 bits per heavy atom. The van der Waals surface area contributed by atoms with Crippen LogP contribution < -0.4 is 10.6 Å². The number of nitrogens with zero attached hydrogens (tertiary/aromatic N) is 8. The topological polar surface area (TPSA) is 97.2 Å². The number of piperazine rings is 1. The summed E-state index contributed by atoms with van der Waals surface area (Å²) in [5.41, 5.74) is -1.49. The molecule has 218 valence electrons. The maximum atomic E-state index is 14.9. The van der Waals surface area contributed by atoms with Gasteiger partial charge in [0.2, 0.25) is 0 Å². The molecule has 3 heterocycles. The van der Waals surface area contributed by atoms with Crippen molar-refractivity contribution in [1.29, 1.82) is 0 Å². The highest BCUT2D eigenvalue weighted by molar-refractivity contribution is 5.51. The molecule has 0 radical (unpaired) electrons. The van der Waals surface area contributed by atoms with Gasteiger partial charge < -0.3 is 10.0 Å². The lowest BCUT2D eigenvalue weighted by atomic mass is 9.85. The van der Waals surface area contributed by atoms with Crippen LogP contribution in [0.3, 0.4) is 0 Å². The Labute approximate surface area is 230 Å². The van der Waals surface area contributed by atoms with Crippen LogP contribution in [0.1, 0.15) is 12.5 Å². The number of benzene rings is 2. The highest BCUT2D eigenvalue weighted by Gasteiger charge is 2.42. The van der Waals surface area contributed by atoms with Crippen LogP contribution in [-0.2, 0) is 18.7 Å². The number of alkyl halides is 3. The second-order valence-electron chi connectivity index (χ2n) is 9.91. The minimum Gasteiger partial charge on any atom is -0.381 e. The fraction of sp³-hybridized carbons (Fsp3) is 0.385. The first kappa shape index (κ1) is 28.4. The lowest BCUT2D eigenvalue weighted by molar-refractivity contribution is -0.143. The molecule has 2 atom stereocenters. The van der Waals surface area contributed by atoms with Gasteiger partial charge in [-0.05, 0) is 37.3 Å². The van der Waals surface area contributed by atoms with Crippen LogP contribution >= 0.6 is 0 Å². The summed E-state index contributed by atoms with van der Waals surface area (Å²) in [6.07, 6.45) is -0.795. The van der Waals surface area contributed by atoms with E-state index in [1.807, 2.05) is 4.90 Å². The molecule has 0 unspecified atom stereocenters. The van der Waals surface area contributed by atoms with Gasteiger partial charge in [-0.15, -0.1) is 0 Å². The maximum Gasteiger partial charge on any atom is 0.408 e. The smallest absolute Gasteiger partial charge is 0.381 e. The first-order chi connectivity index (χ1) is 19.4. The number of aliphatic hydroxyl groups is 1. The third-order valence-electron chi connectivity index (χ3n) is 7.38. The van der Waals surface area contributed by atoms with Crippen molar-refractivity contribution in [3.63, 3.8) is 0 Å². The summed E-state index contributed by atoms with van der Waals surface area (Å²) in [5, 5.41) is 19.5. The average Bonchev–Trinajstić information content (AvgIpc) is 3.57. The summed E-state index contributed by atoms with van der Waals surface area (Å²) in [6, 6.07) is 9.28. The normalized spacial score (nSPS) is 17.0. The molecule has 0 saturated carbocycles. The van der Waals surface area contributed by atoms with E-state index < -0.39 is 41.7 Å². The molecule has 1 N–H and O–H groups in total. The molecule has 1 aliphatic rings. The first-order valence-corrected chi connectivity index (χ1v) is 12.8. The molecule has 2 aromatic carbocycles. The molecule has 4 aromatic rings. The van der Waals surface area contributed by atoms with E-state index in [0.29, 0.717) is 36.5 Å². The summed E-state index contributed by atoms with van der Waals surface area (Å²) < 4.78 is 69.3. The predicted octanol–water partition coefficient (Wildman–Crippen LogP) is 2.56. The van der Waals surface area contributed by atoms with Crippen LogP contribution in [-0.4, -0.2) is 77.5 Å². The van der Waals surface area contributed by atoms with Gasteiger partial charge >= 0.3 is 11.9 Å². The molecule has 1 aliphatic heterocycles. The summed E-state index contributed by atoms with van der Waals surface area (Å²) in [4.78, 5) is 20.3. The summed E-state index contributed by atoms with van der Waals surface area (Å²) in [6.45, 7) is 2.33. The zero-order valence-electron chi connectivity index (χ0n) is 21.9. The third-order valence-corrected chi connectivity index (χ3v) is 7.38. The summed E-state index contributed by atoms with van der Waals surface area (Å²) in [5.74, 6) is -1.61. The number of aromatic nitrogens is 6. The molecule has 10 nitrogen and oxygen atoms in total. The molecule has 15 heteroatoms. The Balaban J connectivity index is 1.29. The van der Waals surface area contributed by atoms with Crippen molar-refractivity contribution in [2.24, 2.45) is 0 Å². The fourth-order valence-corrected chi connectivity index (χ4v) is 5.13. The molecule has 0 bridgehead atoms. The number of anilines is 1. The molecule has 0 aliphatic carbocycles. The van der Waals surface area contributed by atoms with Crippen LogP contribution in [0.15, 0.2) is 66.2 Å². The molecule has 0 amide bonds. The zero-order valence-corrected chi connectivity index (χ0v) is 21.9. The second-order valence-corrected chi connectivity index (χ2v) is 9.91. The van der Waals surface area contributed by atoms with Crippen LogP contribution in [0.5, 0.6) is 0 Å². The Morgan fingerprint density at radius 2 is 1.61 bits per heavy atom. The minimum absolute atomic E-state index is 0.0475. The van der Waals surface area contributed by atoms with E-state index in [1.165, 1.54) is 23.4 Å². The average molecular weight is 579 g/mol. The summed E-state index contributed by atoms with van der Waals surface area (Å²) >= 11 is 0. The quantitative estimate of drug-likeness (QED) is 0.321. The van der Waals surface area contributed by atoms with Crippen LogP contribution in [0.25, 0.3) is 5.69 Å². The van der Waals surface area contributed by atoms with Crippen molar-refractivity contribution < 1.29 is 27.1 Å². The summed E-state index contributed by atoms with van der Waals surface area (Å²) in [7, 11) is 0. The van der Waals surface area contributed by atoms with Crippen molar-refractivity contribution >= 4 is 5.69 Å². The Bertz CT molecular complexity index is 1530. The van der Waals surface area contributed by atoms with Crippen molar-refractivity contribution in [1.82, 2.24) is 34.0 Å².